The summed E-state index contributed by atoms with van der Waals surface area (Å²) in [7, 11) is 0. The first-order valence-electron chi connectivity index (χ1n) is 5.18. The van der Waals surface area contributed by atoms with Crippen molar-refractivity contribution in [2.75, 3.05) is 11.5 Å². The number of hydrogen-bond donors (Lipinski definition) is 2. The third kappa shape index (κ3) is 2.13. The Labute approximate surface area is 93.4 Å². The summed E-state index contributed by atoms with van der Waals surface area (Å²) in [6.07, 6.45) is 1.79. The summed E-state index contributed by atoms with van der Waals surface area (Å²) in [6, 6.07) is 5.21. The summed E-state index contributed by atoms with van der Waals surface area (Å²) in [6.45, 7) is 2.06. The molecule has 4 N–H and O–H groups in total. The Kier molecular flexibility index (Phi) is 2.76. The van der Waals surface area contributed by atoms with Crippen molar-refractivity contribution in [2.45, 2.75) is 19.8 Å². The fourth-order valence-corrected chi connectivity index (χ4v) is 1.50. The smallest absolute Gasteiger partial charge is 0.258 e. The van der Waals surface area contributed by atoms with Gasteiger partial charge in [-0.25, -0.2) is 0 Å². The molecular weight excluding hydrogens is 204 g/mol. The van der Waals surface area contributed by atoms with Crippen molar-refractivity contribution in [2.24, 2.45) is 0 Å². The van der Waals surface area contributed by atoms with E-state index in [0.717, 1.165) is 18.4 Å². The van der Waals surface area contributed by atoms with Crippen molar-refractivity contribution in [1.82, 2.24) is 10.1 Å². The molecule has 0 bridgehead atoms. The van der Waals surface area contributed by atoms with E-state index in [1.165, 1.54) is 0 Å². The van der Waals surface area contributed by atoms with Crippen LogP contribution in [0.3, 0.4) is 0 Å². The van der Waals surface area contributed by atoms with Gasteiger partial charge >= 0.3 is 0 Å². The molecule has 5 heteroatoms. The average Bonchev–Trinajstić information content (AvgIpc) is 2.65. The van der Waals surface area contributed by atoms with Crippen molar-refractivity contribution >= 4 is 11.4 Å². The van der Waals surface area contributed by atoms with Gasteiger partial charge in [0.15, 0.2) is 5.82 Å². The third-order valence-corrected chi connectivity index (χ3v) is 2.17. The van der Waals surface area contributed by atoms with Gasteiger partial charge in [0.1, 0.15) is 0 Å². The highest BCUT2D eigenvalue weighted by atomic mass is 16.5. The molecule has 1 aromatic carbocycles. The quantitative estimate of drug-likeness (QED) is 0.767. The molecule has 0 atom stereocenters. The summed E-state index contributed by atoms with van der Waals surface area (Å²) in [4.78, 5) is 4.26. The van der Waals surface area contributed by atoms with Crippen LogP contribution >= 0.6 is 0 Å². The maximum Gasteiger partial charge on any atom is 0.258 e. The number of nitrogen functional groups attached to an aromatic ring is 2. The molecule has 1 heterocycles. The van der Waals surface area contributed by atoms with Gasteiger partial charge in [-0.15, -0.1) is 0 Å². The van der Waals surface area contributed by atoms with Crippen molar-refractivity contribution in [1.29, 1.82) is 0 Å². The van der Waals surface area contributed by atoms with E-state index in [0.29, 0.717) is 23.1 Å². The topological polar surface area (TPSA) is 91.0 Å². The van der Waals surface area contributed by atoms with Gasteiger partial charge in [0.2, 0.25) is 0 Å². The molecule has 0 aliphatic heterocycles. The molecule has 0 radical (unpaired) electrons. The van der Waals surface area contributed by atoms with E-state index < -0.39 is 0 Å². The number of benzene rings is 1. The molecule has 0 saturated heterocycles. The fourth-order valence-electron chi connectivity index (χ4n) is 1.50. The molecule has 5 nitrogen and oxygen atoms in total. The van der Waals surface area contributed by atoms with E-state index in [-0.39, 0.29) is 0 Å². The molecule has 2 rings (SSSR count). The molecule has 0 amide bonds. The summed E-state index contributed by atoms with van der Waals surface area (Å²) >= 11 is 0. The molecule has 2 aromatic rings. The van der Waals surface area contributed by atoms with Gasteiger partial charge in [-0.05, 0) is 24.6 Å². The van der Waals surface area contributed by atoms with E-state index in [4.69, 9.17) is 16.0 Å². The lowest BCUT2D eigenvalue weighted by molar-refractivity contribution is 0.422. The van der Waals surface area contributed by atoms with Crippen molar-refractivity contribution in [3.05, 3.63) is 24.0 Å². The first kappa shape index (κ1) is 10.5. The van der Waals surface area contributed by atoms with Crippen LogP contribution in [-0.2, 0) is 6.42 Å². The summed E-state index contributed by atoms with van der Waals surface area (Å²) in [5.74, 6) is 1.17. The van der Waals surface area contributed by atoms with Gasteiger partial charge < -0.3 is 16.0 Å². The lowest BCUT2D eigenvalue weighted by Gasteiger charge is -1.99. The predicted molar refractivity (Wildman–Crippen MR) is 62.6 cm³/mol. The fraction of sp³-hybridized carbons (Fsp3) is 0.273. The monoisotopic (exact) mass is 218 g/mol. The zero-order chi connectivity index (χ0) is 11.5. The van der Waals surface area contributed by atoms with Crippen LogP contribution < -0.4 is 11.5 Å². The lowest BCUT2D eigenvalue weighted by atomic mass is 10.2. The van der Waals surface area contributed by atoms with Crippen molar-refractivity contribution in [3.8, 4) is 11.5 Å². The molecule has 1 aromatic heterocycles. The van der Waals surface area contributed by atoms with Gasteiger partial charge in [0.25, 0.3) is 5.89 Å². The van der Waals surface area contributed by atoms with Gasteiger partial charge in [-0.2, -0.15) is 4.98 Å². The first-order chi connectivity index (χ1) is 7.69. The number of nitrogens with zero attached hydrogens (tertiary/aromatic N) is 2. The second-order valence-corrected chi connectivity index (χ2v) is 3.65. The average molecular weight is 218 g/mol. The van der Waals surface area contributed by atoms with Crippen LogP contribution in [0.2, 0.25) is 0 Å². The number of aryl methyl sites for hydroxylation is 1. The van der Waals surface area contributed by atoms with Gasteiger partial charge in [0.05, 0.1) is 0 Å². The zero-order valence-electron chi connectivity index (χ0n) is 9.10. The van der Waals surface area contributed by atoms with E-state index >= 15 is 0 Å². The highest BCUT2D eigenvalue weighted by Gasteiger charge is 2.09. The molecule has 0 fully saturated rings. The number of nitrogens with two attached hydrogens (primary N) is 2. The molecule has 0 aliphatic rings. The number of anilines is 2. The minimum atomic E-state index is 0.461. The van der Waals surface area contributed by atoms with E-state index in [9.17, 15) is 0 Å². The number of aromatic nitrogens is 2. The lowest BCUT2D eigenvalue weighted by Crippen LogP contribution is -1.91. The molecule has 16 heavy (non-hydrogen) atoms. The molecular formula is C11H14N4O. The molecule has 0 saturated carbocycles. The summed E-state index contributed by atoms with van der Waals surface area (Å²) in [5.41, 5.74) is 13.3. The normalized spacial score (nSPS) is 10.6. The van der Waals surface area contributed by atoms with Crippen LogP contribution in [0.1, 0.15) is 19.2 Å². The standard InChI is InChI=1S/C11H14N4O/c1-2-3-10-14-11(16-15-10)7-4-8(12)6-9(13)5-7/h4-6H,2-3,12-13H2,1H3. The Morgan fingerprint density at radius 3 is 2.50 bits per heavy atom. The predicted octanol–water partition coefficient (Wildman–Crippen LogP) is 1.85. The van der Waals surface area contributed by atoms with Crippen molar-refractivity contribution < 1.29 is 4.52 Å². The van der Waals surface area contributed by atoms with E-state index in [1.54, 1.807) is 18.2 Å². The highest BCUT2D eigenvalue weighted by Crippen LogP contribution is 2.23. The minimum Gasteiger partial charge on any atom is -0.399 e. The first-order valence-corrected chi connectivity index (χ1v) is 5.18. The second kappa shape index (κ2) is 4.22. The van der Waals surface area contributed by atoms with Crippen LogP contribution in [0.25, 0.3) is 11.5 Å². The minimum absolute atomic E-state index is 0.461. The van der Waals surface area contributed by atoms with Crippen molar-refractivity contribution in [3.63, 3.8) is 0 Å². The molecule has 0 aliphatic carbocycles. The Bertz CT molecular complexity index is 472. The van der Waals surface area contributed by atoms with Crippen LogP contribution in [0, 0.1) is 0 Å². The number of rotatable bonds is 3. The van der Waals surface area contributed by atoms with Crippen LogP contribution in [0.15, 0.2) is 22.7 Å². The van der Waals surface area contributed by atoms with Gasteiger partial charge in [-0.1, -0.05) is 12.1 Å². The maximum atomic E-state index is 5.69. The molecule has 0 unspecified atom stereocenters. The Hall–Kier alpha value is -2.04. The SMILES string of the molecule is CCCc1noc(-c2cc(N)cc(N)c2)n1. The Morgan fingerprint density at radius 2 is 1.88 bits per heavy atom. The molecule has 84 valence electrons. The van der Waals surface area contributed by atoms with E-state index in [2.05, 4.69) is 17.1 Å². The number of hydrogen-bond acceptors (Lipinski definition) is 5. The summed E-state index contributed by atoms with van der Waals surface area (Å²) in [5, 5.41) is 3.87. The second-order valence-electron chi connectivity index (χ2n) is 3.65. The molecule has 0 spiro atoms. The van der Waals surface area contributed by atoms with Crippen LogP contribution in [-0.4, -0.2) is 10.1 Å². The zero-order valence-corrected chi connectivity index (χ0v) is 9.10. The van der Waals surface area contributed by atoms with Gasteiger partial charge in [-0.3, -0.25) is 0 Å². The third-order valence-electron chi connectivity index (χ3n) is 2.17. The highest BCUT2D eigenvalue weighted by molar-refractivity contribution is 5.66. The Balaban J connectivity index is 2.34. The maximum absolute atomic E-state index is 5.69. The van der Waals surface area contributed by atoms with Crippen LogP contribution in [0.5, 0.6) is 0 Å². The van der Waals surface area contributed by atoms with Crippen LogP contribution in [0.4, 0.5) is 11.4 Å². The largest absolute Gasteiger partial charge is 0.399 e. The van der Waals surface area contributed by atoms with Gasteiger partial charge in [0, 0.05) is 23.4 Å². The Morgan fingerprint density at radius 1 is 1.19 bits per heavy atom. The van der Waals surface area contributed by atoms with E-state index in [1.807, 2.05) is 0 Å². The summed E-state index contributed by atoms with van der Waals surface area (Å²) < 4.78 is 5.14.